The van der Waals surface area contributed by atoms with Crippen molar-refractivity contribution in [3.8, 4) is 0 Å². The molecular formula is C12H18ClN3O5S. The highest BCUT2D eigenvalue weighted by Gasteiger charge is 2.32. The predicted molar refractivity (Wildman–Crippen MR) is 79.0 cm³/mol. The molecule has 1 aromatic heterocycles. The molecule has 22 heavy (non-hydrogen) atoms. The van der Waals surface area contributed by atoms with E-state index in [1.165, 1.54) is 7.05 Å². The second-order valence-electron chi connectivity index (χ2n) is 4.57. The smallest absolute Gasteiger partial charge is 0.344 e. The molecule has 10 heteroatoms. The van der Waals surface area contributed by atoms with E-state index in [2.05, 4.69) is 9.84 Å². The number of ether oxygens (including phenoxy) is 1. The number of hydrogen-bond acceptors (Lipinski definition) is 6. The van der Waals surface area contributed by atoms with Gasteiger partial charge in [0.2, 0.25) is 5.91 Å². The molecule has 1 amide bonds. The molecule has 0 saturated heterocycles. The minimum atomic E-state index is -4.28. The summed E-state index contributed by atoms with van der Waals surface area (Å²) in [7, 11) is -1.89. The van der Waals surface area contributed by atoms with E-state index in [-0.39, 0.29) is 11.6 Å². The molecule has 8 nitrogen and oxygen atoms in total. The van der Waals surface area contributed by atoms with Crippen molar-refractivity contribution in [1.29, 1.82) is 0 Å². The highest BCUT2D eigenvalue weighted by atomic mass is 35.5. The molecule has 0 spiro atoms. The number of rotatable bonds is 7. The van der Waals surface area contributed by atoms with E-state index < -0.39 is 32.5 Å². The second kappa shape index (κ2) is 7.59. The van der Waals surface area contributed by atoms with Gasteiger partial charge >= 0.3 is 5.97 Å². The zero-order valence-corrected chi connectivity index (χ0v) is 14.1. The average molecular weight is 352 g/mol. The Bertz CT molecular complexity index is 669. The van der Waals surface area contributed by atoms with Gasteiger partial charge in [-0.1, -0.05) is 31.4 Å². The Hall–Kier alpha value is -1.61. The molecule has 0 bridgehead atoms. The van der Waals surface area contributed by atoms with E-state index in [4.69, 9.17) is 11.6 Å². The quantitative estimate of drug-likeness (QED) is 0.585. The van der Waals surface area contributed by atoms with Crippen molar-refractivity contribution in [2.24, 2.45) is 7.05 Å². The van der Waals surface area contributed by atoms with Crippen molar-refractivity contribution in [3.63, 3.8) is 0 Å². The summed E-state index contributed by atoms with van der Waals surface area (Å²) in [5, 5.41) is 2.86. The van der Waals surface area contributed by atoms with E-state index in [0.717, 1.165) is 24.6 Å². The number of nitrogens with zero attached hydrogens (tertiary/aromatic N) is 2. The first-order valence-corrected chi connectivity index (χ1v) is 8.47. The topological polar surface area (TPSA) is 107 Å². The number of carbonyl (C=O) groups excluding carboxylic acids is 2. The van der Waals surface area contributed by atoms with Crippen LogP contribution in [0, 0.1) is 0 Å². The number of carbonyl (C=O) groups is 2. The van der Waals surface area contributed by atoms with Crippen LogP contribution in [-0.2, 0) is 26.6 Å². The van der Waals surface area contributed by atoms with Crippen molar-refractivity contribution in [2.45, 2.75) is 37.6 Å². The van der Waals surface area contributed by atoms with Crippen LogP contribution in [0.25, 0.3) is 0 Å². The lowest BCUT2D eigenvalue weighted by Crippen LogP contribution is -2.32. The van der Waals surface area contributed by atoms with Crippen molar-refractivity contribution in [2.75, 3.05) is 7.11 Å². The van der Waals surface area contributed by atoms with Crippen LogP contribution in [0.5, 0.6) is 0 Å². The predicted octanol–water partition coefficient (Wildman–Crippen LogP) is 1.25. The Kier molecular flexibility index (Phi) is 6.36. The number of aryl methyl sites for hydroxylation is 1. The third-order valence-corrected chi connectivity index (χ3v) is 4.59. The summed E-state index contributed by atoms with van der Waals surface area (Å²) in [5.41, 5.74) is -0.402. The molecular weight excluding hydrogens is 334 g/mol. The lowest BCUT2D eigenvalue weighted by molar-refractivity contribution is -0.119. The van der Waals surface area contributed by atoms with Crippen molar-refractivity contribution < 1.29 is 22.7 Å². The van der Waals surface area contributed by atoms with Gasteiger partial charge in [0.15, 0.2) is 10.2 Å². The fourth-order valence-corrected chi connectivity index (χ4v) is 3.52. The lowest BCUT2D eigenvalue weighted by Gasteiger charge is -2.08. The van der Waals surface area contributed by atoms with E-state index in [1.807, 2.05) is 11.6 Å². The van der Waals surface area contributed by atoms with Crippen molar-refractivity contribution in [1.82, 2.24) is 14.5 Å². The molecule has 1 rings (SSSR count). The van der Waals surface area contributed by atoms with E-state index in [0.29, 0.717) is 6.42 Å². The number of aromatic nitrogens is 2. The van der Waals surface area contributed by atoms with Crippen molar-refractivity contribution in [3.05, 3.63) is 10.7 Å². The number of halogens is 1. The third kappa shape index (κ3) is 4.20. The molecule has 0 aliphatic rings. The van der Waals surface area contributed by atoms with Gasteiger partial charge in [-0.05, 0) is 6.42 Å². The standard InChI is InChI=1S/C12H18ClN3O5S/c1-4-5-6-7-8(17)15-22(19,20)11-9(12(18)21-3)10(13)14-16(11)2/h4-7H2,1-3H3,(H,15,17). The maximum Gasteiger partial charge on any atom is 0.344 e. The zero-order chi connectivity index (χ0) is 16.9. The summed E-state index contributed by atoms with van der Waals surface area (Å²) in [6.45, 7) is 1.97. The van der Waals surface area contributed by atoms with Gasteiger partial charge in [-0.15, -0.1) is 0 Å². The lowest BCUT2D eigenvalue weighted by atomic mass is 10.2. The molecule has 0 aliphatic heterocycles. The molecule has 1 aromatic rings. The van der Waals surface area contributed by atoms with Crippen LogP contribution in [0.4, 0.5) is 0 Å². The van der Waals surface area contributed by atoms with E-state index in [9.17, 15) is 18.0 Å². The third-order valence-electron chi connectivity index (χ3n) is 2.85. The summed E-state index contributed by atoms with van der Waals surface area (Å²) >= 11 is 5.76. The molecule has 0 fully saturated rings. The van der Waals surface area contributed by atoms with Gasteiger partial charge in [0.25, 0.3) is 10.0 Å². The number of nitrogens with one attached hydrogen (secondary N) is 1. The summed E-state index contributed by atoms with van der Waals surface area (Å²) < 4.78 is 31.9. The first-order valence-electron chi connectivity index (χ1n) is 6.61. The second-order valence-corrected chi connectivity index (χ2v) is 6.53. The molecule has 0 radical (unpaired) electrons. The maximum atomic E-state index is 12.3. The summed E-state index contributed by atoms with van der Waals surface area (Å²) in [5.74, 6) is -1.60. The summed E-state index contributed by atoms with van der Waals surface area (Å²) in [6.07, 6.45) is 2.38. The Labute approximate surface area is 133 Å². The van der Waals surface area contributed by atoms with Crippen LogP contribution < -0.4 is 4.72 Å². The monoisotopic (exact) mass is 351 g/mol. The van der Waals surface area contributed by atoms with Gasteiger partial charge in [-0.2, -0.15) is 13.5 Å². The molecule has 0 saturated carbocycles. The van der Waals surface area contributed by atoms with Crippen LogP contribution in [0.15, 0.2) is 5.03 Å². The van der Waals surface area contributed by atoms with E-state index in [1.54, 1.807) is 0 Å². The average Bonchev–Trinajstić information content (AvgIpc) is 2.73. The Balaban J connectivity index is 3.08. The molecule has 0 atom stereocenters. The van der Waals surface area contributed by atoms with Crippen LogP contribution in [0.2, 0.25) is 5.15 Å². The number of esters is 1. The highest BCUT2D eigenvalue weighted by Crippen LogP contribution is 2.23. The molecule has 0 unspecified atom stereocenters. The van der Waals surface area contributed by atoms with Gasteiger partial charge in [0, 0.05) is 13.5 Å². The van der Waals surface area contributed by atoms with Crippen LogP contribution in [0.1, 0.15) is 43.0 Å². The SMILES string of the molecule is CCCCCC(=O)NS(=O)(=O)c1c(C(=O)OC)c(Cl)nn1C. The fourth-order valence-electron chi connectivity index (χ4n) is 1.84. The molecule has 1 N–H and O–H groups in total. The normalized spacial score (nSPS) is 11.3. The van der Waals surface area contributed by atoms with E-state index >= 15 is 0 Å². The Morgan fingerprint density at radius 1 is 1.36 bits per heavy atom. The largest absolute Gasteiger partial charge is 0.465 e. The number of sulfonamides is 1. The Morgan fingerprint density at radius 2 is 2.00 bits per heavy atom. The summed E-state index contributed by atoms with van der Waals surface area (Å²) in [6, 6.07) is 0. The number of amides is 1. The van der Waals surface area contributed by atoms with Gasteiger partial charge in [-0.25, -0.2) is 9.52 Å². The fraction of sp³-hybridized carbons (Fsp3) is 0.583. The zero-order valence-electron chi connectivity index (χ0n) is 12.6. The van der Waals surface area contributed by atoms with Gasteiger partial charge in [0.05, 0.1) is 7.11 Å². The highest BCUT2D eigenvalue weighted by molar-refractivity contribution is 7.90. The first kappa shape index (κ1) is 18.4. The number of unbranched alkanes of at least 4 members (excludes halogenated alkanes) is 2. The number of hydrogen-bond donors (Lipinski definition) is 1. The van der Waals surface area contributed by atoms with Crippen molar-refractivity contribution >= 4 is 33.5 Å². The minimum absolute atomic E-state index is 0.0756. The van der Waals surface area contributed by atoms with Gasteiger partial charge in [-0.3, -0.25) is 9.48 Å². The number of methoxy groups -OCH3 is 1. The molecule has 124 valence electrons. The van der Waals surface area contributed by atoms with Gasteiger partial charge in [0.1, 0.15) is 5.56 Å². The van der Waals surface area contributed by atoms with Crippen LogP contribution >= 0.6 is 11.6 Å². The minimum Gasteiger partial charge on any atom is -0.465 e. The summed E-state index contributed by atoms with van der Waals surface area (Å²) in [4.78, 5) is 23.4. The van der Waals surface area contributed by atoms with Crippen LogP contribution in [0.3, 0.4) is 0 Å². The molecule has 0 aliphatic carbocycles. The maximum absolute atomic E-state index is 12.3. The van der Waals surface area contributed by atoms with Gasteiger partial charge < -0.3 is 4.74 Å². The molecule has 0 aromatic carbocycles. The first-order chi connectivity index (χ1) is 10.2. The Morgan fingerprint density at radius 3 is 2.55 bits per heavy atom. The molecule has 1 heterocycles. The van der Waals surface area contributed by atoms with Crippen LogP contribution in [-0.4, -0.2) is 37.2 Å².